The molecule has 0 aliphatic rings. The van der Waals surface area contributed by atoms with E-state index in [4.69, 9.17) is 10.5 Å². The van der Waals surface area contributed by atoms with Crippen molar-refractivity contribution in [3.63, 3.8) is 0 Å². The van der Waals surface area contributed by atoms with E-state index in [0.29, 0.717) is 12.1 Å². The number of rotatable bonds is 7. The van der Waals surface area contributed by atoms with Crippen LogP contribution in [0.15, 0.2) is 42.5 Å². The molecule has 2 rings (SSSR count). The van der Waals surface area contributed by atoms with Crippen LogP contribution in [0.3, 0.4) is 0 Å². The highest BCUT2D eigenvalue weighted by Gasteiger charge is 2.33. The Balaban J connectivity index is 2.01. The van der Waals surface area contributed by atoms with E-state index in [-0.39, 0.29) is 36.3 Å². The van der Waals surface area contributed by atoms with Gasteiger partial charge in [-0.25, -0.2) is 0 Å². The maximum Gasteiger partial charge on any atom is 0.416 e. The van der Waals surface area contributed by atoms with Gasteiger partial charge >= 0.3 is 6.18 Å². The molecule has 0 saturated carbocycles. The average molecular weight is 380 g/mol. The Morgan fingerprint density at radius 1 is 1.15 bits per heavy atom. The maximum atomic E-state index is 13.3. The smallest absolute Gasteiger partial charge is 0.416 e. The highest BCUT2D eigenvalue weighted by atomic mass is 19.4. The molecule has 7 heteroatoms. The summed E-state index contributed by atoms with van der Waals surface area (Å²) in [6.07, 6.45) is -4.20. The van der Waals surface area contributed by atoms with E-state index >= 15 is 0 Å². The van der Waals surface area contributed by atoms with Gasteiger partial charge < -0.3 is 15.8 Å². The third-order valence-corrected chi connectivity index (χ3v) is 3.91. The number of hydrogen-bond donors (Lipinski definition) is 2. The monoisotopic (exact) mass is 380 g/mol. The van der Waals surface area contributed by atoms with Crippen molar-refractivity contribution in [3.8, 4) is 5.75 Å². The SMILES string of the molecule is CC(C)Oc1ccc(CNC(=O)CCc2ccccc2N)c(C(F)(F)F)c1. The lowest BCUT2D eigenvalue weighted by Gasteiger charge is -2.17. The molecule has 146 valence electrons. The molecule has 0 aliphatic heterocycles. The summed E-state index contributed by atoms with van der Waals surface area (Å²) in [7, 11) is 0. The van der Waals surface area contributed by atoms with Crippen molar-refractivity contribution in [2.24, 2.45) is 0 Å². The van der Waals surface area contributed by atoms with Crippen LogP contribution in [-0.2, 0) is 23.9 Å². The molecule has 0 aromatic heterocycles. The first-order valence-electron chi connectivity index (χ1n) is 8.63. The highest BCUT2D eigenvalue weighted by Crippen LogP contribution is 2.34. The Kier molecular flexibility index (Phi) is 6.71. The number of para-hydroxylation sites is 1. The quantitative estimate of drug-likeness (QED) is 0.703. The van der Waals surface area contributed by atoms with Crippen LogP contribution in [0.4, 0.5) is 18.9 Å². The fourth-order valence-electron chi connectivity index (χ4n) is 2.61. The van der Waals surface area contributed by atoms with Gasteiger partial charge in [-0.15, -0.1) is 0 Å². The molecule has 0 heterocycles. The van der Waals surface area contributed by atoms with E-state index in [0.717, 1.165) is 11.6 Å². The summed E-state index contributed by atoms with van der Waals surface area (Å²) in [6.45, 7) is 3.27. The molecule has 0 spiro atoms. The average Bonchev–Trinajstić information content (AvgIpc) is 2.58. The van der Waals surface area contributed by atoms with E-state index < -0.39 is 11.7 Å². The molecule has 0 bridgehead atoms. The van der Waals surface area contributed by atoms with Gasteiger partial charge in [0.05, 0.1) is 11.7 Å². The fraction of sp³-hybridized carbons (Fsp3) is 0.350. The Bertz CT molecular complexity index is 789. The van der Waals surface area contributed by atoms with E-state index in [2.05, 4.69) is 5.32 Å². The second kappa shape index (κ2) is 8.79. The molecule has 4 nitrogen and oxygen atoms in total. The van der Waals surface area contributed by atoms with Crippen LogP contribution >= 0.6 is 0 Å². The number of nitrogens with two attached hydrogens (primary N) is 1. The summed E-state index contributed by atoms with van der Waals surface area (Å²) >= 11 is 0. The number of ether oxygens (including phenoxy) is 1. The summed E-state index contributed by atoms with van der Waals surface area (Å²) < 4.78 is 45.3. The second-order valence-electron chi connectivity index (χ2n) is 6.46. The van der Waals surface area contributed by atoms with Crippen LogP contribution in [0.2, 0.25) is 0 Å². The van der Waals surface area contributed by atoms with Crippen LogP contribution in [0, 0.1) is 0 Å². The third kappa shape index (κ3) is 6.20. The number of aryl methyl sites for hydroxylation is 1. The third-order valence-electron chi connectivity index (χ3n) is 3.91. The second-order valence-corrected chi connectivity index (χ2v) is 6.46. The number of halogens is 3. The van der Waals surface area contributed by atoms with Crippen molar-refractivity contribution >= 4 is 11.6 Å². The molecule has 2 aromatic rings. The van der Waals surface area contributed by atoms with Gasteiger partial charge in [0.15, 0.2) is 0 Å². The zero-order valence-electron chi connectivity index (χ0n) is 15.3. The molecule has 0 fully saturated rings. The van der Waals surface area contributed by atoms with Crippen molar-refractivity contribution < 1.29 is 22.7 Å². The van der Waals surface area contributed by atoms with Gasteiger partial charge in [0.25, 0.3) is 0 Å². The van der Waals surface area contributed by atoms with E-state index in [1.807, 2.05) is 12.1 Å². The van der Waals surface area contributed by atoms with Crippen molar-refractivity contribution in [2.75, 3.05) is 5.73 Å². The van der Waals surface area contributed by atoms with Gasteiger partial charge in [-0.2, -0.15) is 13.2 Å². The minimum atomic E-state index is -4.53. The zero-order chi connectivity index (χ0) is 20.0. The standard InChI is InChI=1S/C20H23F3N2O2/c1-13(2)27-16-9-7-15(17(11-16)20(21,22)23)12-25-19(26)10-8-14-5-3-4-6-18(14)24/h3-7,9,11,13H,8,10,12,24H2,1-2H3,(H,25,26). The Hall–Kier alpha value is -2.70. The molecule has 2 aromatic carbocycles. The Morgan fingerprint density at radius 3 is 2.48 bits per heavy atom. The minimum absolute atomic E-state index is 0.00817. The molecule has 0 radical (unpaired) electrons. The summed E-state index contributed by atoms with van der Waals surface area (Å²) in [6, 6.07) is 10.9. The zero-order valence-corrected chi connectivity index (χ0v) is 15.3. The summed E-state index contributed by atoms with van der Waals surface area (Å²) in [4.78, 5) is 12.0. The Labute approximate surface area is 156 Å². The highest BCUT2D eigenvalue weighted by molar-refractivity contribution is 5.76. The molecule has 3 N–H and O–H groups in total. The first-order chi connectivity index (χ1) is 12.7. The predicted molar refractivity (Wildman–Crippen MR) is 98.2 cm³/mol. The molecule has 0 atom stereocenters. The van der Waals surface area contributed by atoms with Crippen molar-refractivity contribution in [1.82, 2.24) is 5.32 Å². The fourth-order valence-corrected chi connectivity index (χ4v) is 2.61. The van der Waals surface area contributed by atoms with E-state index in [1.54, 1.807) is 26.0 Å². The van der Waals surface area contributed by atoms with Crippen LogP contribution < -0.4 is 15.8 Å². The van der Waals surface area contributed by atoms with Gasteiger partial charge in [0, 0.05) is 18.7 Å². The van der Waals surface area contributed by atoms with Gasteiger partial charge in [0.2, 0.25) is 5.91 Å². The number of nitrogens with one attached hydrogen (secondary N) is 1. The summed E-state index contributed by atoms with van der Waals surface area (Å²) in [5, 5.41) is 2.54. The van der Waals surface area contributed by atoms with E-state index in [1.165, 1.54) is 12.1 Å². The van der Waals surface area contributed by atoms with E-state index in [9.17, 15) is 18.0 Å². The van der Waals surface area contributed by atoms with Gasteiger partial charge in [-0.1, -0.05) is 24.3 Å². The topological polar surface area (TPSA) is 64.3 Å². The molecule has 0 aliphatic carbocycles. The van der Waals surface area contributed by atoms with Crippen LogP contribution in [0.25, 0.3) is 0 Å². The molecular formula is C20H23F3N2O2. The lowest BCUT2D eigenvalue weighted by Crippen LogP contribution is -2.25. The van der Waals surface area contributed by atoms with Gasteiger partial charge in [-0.05, 0) is 49.6 Å². The number of hydrogen-bond acceptors (Lipinski definition) is 3. The number of alkyl halides is 3. The van der Waals surface area contributed by atoms with Crippen molar-refractivity contribution in [2.45, 2.75) is 45.5 Å². The number of nitrogen functional groups attached to an aromatic ring is 1. The molecular weight excluding hydrogens is 357 g/mol. The summed E-state index contributed by atoms with van der Waals surface area (Å²) in [5.41, 5.74) is 6.42. The van der Waals surface area contributed by atoms with Crippen molar-refractivity contribution in [1.29, 1.82) is 0 Å². The number of benzene rings is 2. The molecule has 27 heavy (non-hydrogen) atoms. The molecule has 0 saturated heterocycles. The summed E-state index contributed by atoms with van der Waals surface area (Å²) in [5.74, 6) is -0.194. The number of amides is 1. The minimum Gasteiger partial charge on any atom is -0.491 e. The van der Waals surface area contributed by atoms with Crippen LogP contribution in [0.5, 0.6) is 5.75 Å². The van der Waals surface area contributed by atoms with Gasteiger partial charge in [-0.3, -0.25) is 4.79 Å². The number of carbonyl (C=O) groups is 1. The predicted octanol–water partition coefficient (Wildman–Crippen LogP) is 4.32. The Morgan fingerprint density at radius 2 is 1.85 bits per heavy atom. The van der Waals surface area contributed by atoms with Gasteiger partial charge in [0.1, 0.15) is 5.75 Å². The maximum absolute atomic E-state index is 13.3. The first-order valence-corrected chi connectivity index (χ1v) is 8.63. The molecule has 1 amide bonds. The largest absolute Gasteiger partial charge is 0.491 e. The number of anilines is 1. The lowest BCUT2D eigenvalue weighted by atomic mass is 10.1. The van der Waals surface area contributed by atoms with Crippen LogP contribution in [0.1, 0.15) is 37.0 Å². The molecule has 0 unspecified atom stereocenters. The van der Waals surface area contributed by atoms with Crippen molar-refractivity contribution in [3.05, 3.63) is 59.2 Å². The number of carbonyl (C=O) groups excluding carboxylic acids is 1. The normalized spacial score (nSPS) is 11.5. The lowest BCUT2D eigenvalue weighted by molar-refractivity contribution is -0.138. The van der Waals surface area contributed by atoms with Crippen LogP contribution in [-0.4, -0.2) is 12.0 Å². The first kappa shape index (κ1) is 20.6.